The number of halogens is 1. The van der Waals surface area contributed by atoms with Crippen LogP contribution in [0.1, 0.15) is 25.6 Å². The Morgan fingerprint density at radius 2 is 1.84 bits per heavy atom. The van der Waals surface area contributed by atoms with Gasteiger partial charge in [0, 0.05) is 37.3 Å². The van der Waals surface area contributed by atoms with Gasteiger partial charge >= 0.3 is 0 Å². The van der Waals surface area contributed by atoms with Gasteiger partial charge in [-0.05, 0) is 69.3 Å². The van der Waals surface area contributed by atoms with Gasteiger partial charge in [0.25, 0.3) is 0 Å². The van der Waals surface area contributed by atoms with E-state index in [9.17, 15) is 9.18 Å². The van der Waals surface area contributed by atoms with Crippen molar-refractivity contribution in [1.82, 2.24) is 24.7 Å². The molecule has 2 fully saturated rings. The molecular formula is C25H30FN5O. The molecule has 1 atom stereocenters. The first-order chi connectivity index (χ1) is 15.6. The molecule has 168 valence electrons. The fourth-order valence-corrected chi connectivity index (χ4v) is 4.99. The molecule has 1 aromatic heterocycles. The van der Waals surface area contributed by atoms with Crippen molar-refractivity contribution in [2.75, 3.05) is 32.7 Å². The largest absolute Gasteiger partial charge is 0.340 e. The van der Waals surface area contributed by atoms with Crippen molar-refractivity contribution >= 4 is 16.9 Å². The van der Waals surface area contributed by atoms with E-state index in [1.165, 1.54) is 12.1 Å². The van der Waals surface area contributed by atoms with E-state index in [4.69, 9.17) is 4.98 Å². The highest BCUT2D eigenvalue weighted by atomic mass is 19.1. The molecule has 0 bridgehead atoms. The van der Waals surface area contributed by atoms with Gasteiger partial charge in [0.05, 0.1) is 17.6 Å². The van der Waals surface area contributed by atoms with Gasteiger partial charge in [-0.25, -0.2) is 9.37 Å². The number of nitrogens with one attached hydrogen (secondary N) is 1. The first kappa shape index (κ1) is 21.1. The maximum atomic E-state index is 13.5. The lowest BCUT2D eigenvalue weighted by Gasteiger charge is -2.37. The van der Waals surface area contributed by atoms with Crippen LogP contribution in [-0.2, 0) is 11.3 Å². The van der Waals surface area contributed by atoms with Crippen LogP contribution in [0.25, 0.3) is 16.7 Å². The van der Waals surface area contributed by atoms with E-state index in [1.807, 2.05) is 23.1 Å². The van der Waals surface area contributed by atoms with Crippen molar-refractivity contribution in [3.05, 3.63) is 60.2 Å². The number of hydrogen-bond acceptors (Lipinski definition) is 4. The van der Waals surface area contributed by atoms with Gasteiger partial charge in [0.2, 0.25) is 5.91 Å². The molecule has 1 amide bonds. The molecule has 2 aliphatic rings. The number of carbonyl (C=O) groups is 1. The summed E-state index contributed by atoms with van der Waals surface area (Å²) in [4.78, 5) is 22.3. The lowest BCUT2D eigenvalue weighted by Crippen LogP contribution is -2.53. The van der Waals surface area contributed by atoms with Crippen LogP contribution < -0.4 is 5.32 Å². The van der Waals surface area contributed by atoms with Crippen LogP contribution in [0.4, 0.5) is 4.39 Å². The summed E-state index contributed by atoms with van der Waals surface area (Å²) in [5.41, 5.74) is 2.87. The number of piperidine rings is 1. The van der Waals surface area contributed by atoms with Gasteiger partial charge in [-0.15, -0.1) is 0 Å². The Bertz CT molecular complexity index is 1090. The summed E-state index contributed by atoms with van der Waals surface area (Å²) in [5.74, 6) is 1.13. The van der Waals surface area contributed by atoms with Crippen molar-refractivity contribution < 1.29 is 9.18 Å². The fourth-order valence-electron chi connectivity index (χ4n) is 4.99. The van der Waals surface area contributed by atoms with Crippen LogP contribution in [0.15, 0.2) is 48.5 Å². The third kappa shape index (κ3) is 4.27. The Hall–Kier alpha value is -2.77. The number of amides is 1. The molecule has 3 aromatic rings. The molecule has 0 aliphatic carbocycles. The Labute approximate surface area is 188 Å². The molecular weight excluding hydrogens is 405 g/mol. The van der Waals surface area contributed by atoms with E-state index in [2.05, 4.69) is 27.8 Å². The smallest absolute Gasteiger partial charge is 0.225 e. The van der Waals surface area contributed by atoms with E-state index < -0.39 is 0 Å². The second-order valence-corrected chi connectivity index (χ2v) is 9.02. The lowest BCUT2D eigenvalue weighted by atomic mass is 9.94. The van der Waals surface area contributed by atoms with Crippen LogP contribution in [0, 0.1) is 11.7 Å². The molecule has 0 unspecified atom stereocenters. The number of para-hydroxylation sites is 2. The zero-order chi connectivity index (χ0) is 22.1. The molecule has 2 aromatic carbocycles. The van der Waals surface area contributed by atoms with Gasteiger partial charge < -0.3 is 10.2 Å². The van der Waals surface area contributed by atoms with Crippen molar-refractivity contribution in [2.45, 2.75) is 32.4 Å². The van der Waals surface area contributed by atoms with Gasteiger partial charge in [-0.2, -0.15) is 0 Å². The van der Waals surface area contributed by atoms with Crippen LogP contribution in [0.2, 0.25) is 0 Å². The summed E-state index contributed by atoms with van der Waals surface area (Å²) in [6, 6.07) is 15.0. The minimum Gasteiger partial charge on any atom is -0.340 e. The number of piperazine rings is 1. The molecule has 1 N–H and O–H groups in total. The number of carbonyl (C=O) groups excluding carboxylic acids is 1. The van der Waals surface area contributed by atoms with E-state index >= 15 is 0 Å². The quantitative estimate of drug-likeness (QED) is 0.684. The average molecular weight is 436 g/mol. The van der Waals surface area contributed by atoms with Gasteiger partial charge in [0.1, 0.15) is 11.6 Å². The number of hydrogen-bond donors (Lipinski definition) is 1. The van der Waals surface area contributed by atoms with Crippen molar-refractivity contribution in [1.29, 1.82) is 0 Å². The standard InChI is InChI=1S/C25H30FN5O/c1-18-16-30(15-12-27-18)25(32)19-10-13-29(14-11-19)17-24-28-22-4-2-3-5-23(22)31(24)21-8-6-20(26)7-9-21/h2-9,18-19,27H,10-17H2,1H3/t18-/m0/s1. The summed E-state index contributed by atoms with van der Waals surface area (Å²) in [6.45, 7) is 7.10. The molecule has 2 saturated heterocycles. The summed E-state index contributed by atoms with van der Waals surface area (Å²) in [5, 5.41) is 3.40. The second-order valence-electron chi connectivity index (χ2n) is 9.02. The zero-order valence-corrected chi connectivity index (χ0v) is 18.5. The summed E-state index contributed by atoms with van der Waals surface area (Å²) in [7, 11) is 0. The Morgan fingerprint density at radius 3 is 2.59 bits per heavy atom. The number of likely N-dealkylation sites (tertiary alicyclic amines) is 1. The Morgan fingerprint density at radius 1 is 1.09 bits per heavy atom. The van der Waals surface area contributed by atoms with Crippen LogP contribution in [0.3, 0.4) is 0 Å². The summed E-state index contributed by atoms with van der Waals surface area (Å²) < 4.78 is 15.6. The highest BCUT2D eigenvalue weighted by Gasteiger charge is 2.31. The fraction of sp³-hybridized carbons (Fsp3) is 0.440. The number of fused-ring (bicyclic) bond motifs is 1. The molecule has 0 saturated carbocycles. The third-order valence-corrected chi connectivity index (χ3v) is 6.70. The van der Waals surface area contributed by atoms with E-state index in [0.29, 0.717) is 18.5 Å². The van der Waals surface area contributed by atoms with Crippen molar-refractivity contribution in [3.8, 4) is 5.69 Å². The maximum Gasteiger partial charge on any atom is 0.225 e. The maximum absolute atomic E-state index is 13.5. The Kier molecular flexibility index (Phi) is 5.93. The van der Waals surface area contributed by atoms with Crippen molar-refractivity contribution in [3.63, 3.8) is 0 Å². The van der Waals surface area contributed by atoms with E-state index in [0.717, 1.165) is 68.1 Å². The molecule has 7 heteroatoms. The molecule has 2 aliphatic heterocycles. The summed E-state index contributed by atoms with van der Waals surface area (Å²) in [6.07, 6.45) is 1.77. The van der Waals surface area contributed by atoms with Gasteiger partial charge in [0.15, 0.2) is 0 Å². The van der Waals surface area contributed by atoms with Gasteiger partial charge in [-0.3, -0.25) is 14.3 Å². The van der Waals surface area contributed by atoms with Crippen LogP contribution in [0.5, 0.6) is 0 Å². The summed E-state index contributed by atoms with van der Waals surface area (Å²) >= 11 is 0. The zero-order valence-electron chi connectivity index (χ0n) is 18.5. The second kappa shape index (κ2) is 9.00. The molecule has 3 heterocycles. The number of nitrogens with zero attached hydrogens (tertiary/aromatic N) is 4. The first-order valence-electron chi connectivity index (χ1n) is 11.6. The number of rotatable bonds is 4. The van der Waals surface area contributed by atoms with E-state index in [-0.39, 0.29) is 11.7 Å². The minimum atomic E-state index is -0.245. The highest BCUT2D eigenvalue weighted by molar-refractivity contribution is 5.79. The predicted molar refractivity (Wildman–Crippen MR) is 123 cm³/mol. The monoisotopic (exact) mass is 435 g/mol. The average Bonchev–Trinajstić information content (AvgIpc) is 3.17. The SMILES string of the molecule is C[C@H]1CN(C(=O)C2CCN(Cc3nc4ccccc4n3-c3ccc(F)cc3)CC2)CCN1. The molecule has 0 radical (unpaired) electrons. The topological polar surface area (TPSA) is 53.4 Å². The number of benzene rings is 2. The number of imidazole rings is 1. The van der Waals surface area contributed by atoms with Crippen molar-refractivity contribution in [2.24, 2.45) is 5.92 Å². The lowest BCUT2D eigenvalue weighted by molar-refractivity contribution is -0.138. The molecule has 0 spiro atoms. The third-order valence-electron chi connectivity index (χ3n) is 6.70. The predicted octanol–water partition coefficient (Wildman–Crippen LogP) is 3.20. The highest BCUT2D eigenvalue weighted by Crippen LogP contribution is 2.26. The van der Waals surface area contributed by atoms with Crippen LogP contribution >= 0.6 is 0 Å². The minimum absolute atomic E-state index is 0.118. The Balaban J connectivity index is 1.30. The number of aromatic nitrogens is 2. The van der Waals surface area contributed by atoms with Gasteiger partial charge in [-0.1, -0.05) is 12.1 Å². The molecule has 32 heavy (non-hydrogen) atoms. The first-order valence-corrected chi connectivity index (χ1v) is 11.6. The van der Waals surface area contributed by atoms with E-state index in [1.54, 1.807) is 12.1 Å². The van der Waals surface area contributed by atoms with Crippen LogP contribution in [-0.4, -0.2) is 64.0 Å². The molecule has 5 rings (SSSR count). The molecule has 6 nitrogen and oxygen atoms in total. The normalized spacial score (nSPS) is 20.7.